The second-order valence-electron chi connectivity index (χ2n) is 10.3. The monoisotopic (exact) mass is 511 g/mol. The molecule has 2 N–H and O–H groups in total. The van der Waals surface area contributed by atoms with E-state index in [1.165, 1.54) is 51.4 Å². The van der Waals surface area contributed by atoms with Gasteiger partial charge in [-0.1, -0.05) is 51.2 Å². The molecule has 0 aromatic rings. The van der Waals surface area contributed by atoms with Crippen LogP contribution in [-0.2, 0) is 14.4 Å². The maximum Gasteiger partial charge on any atom is 0.303 e. The van der Waals surface area contributed by atoms with Crippen LogP contribution in [0.5, 0.6) is 0 Å². The van der Waals surface area contributed by atoms with Crippen LogP contribution in [0.3, 0.4) is 0 Å². The van der Waals surface area contributed by atoms with Crippen LogP contribution in [0.15, 0.2) is 12.2 Å². The first kappa shape index (κ1) is 34.1. The Morgan fingerprint density at radius 2 is 0.972 bits per heavy atom. The molecule has 0 unspecified atom stereocenters. The predicted molar refractivity (Wildman–Crippen MR) is 143 cm³/mol. The molecule has 0 heterocycles. The molecule has 36 heavy (non-hydrogen) atoms. The summed E-state index contributed by atoms with van der Waals surface area (Å²) in [5.41, 5.74) is 0. The summed E-state index contributed by atoms with van der Waals surface area (Å²) < 4.78 is 0.842. The molecule has 0 atom stereocenters. The van der Waals surface area contributed by atoms with Crippen LogP contribution in [0.2, 0.25) is 0 Å². The molecule has 0 amide bonds. The van der Waals surface area contributed by atoms with Crippen molar-refractivity contribution in [3.8, 4) is 0 Å². The van der Waals surface area contributed by atoms with Gasteiger partial charge in [0.05, 0.1) is 26.2 Å². The number of nitrogens with zero attached hydrogens (tertiary/aromatic N) is 1. The van der Waals surface area contributed by atoms with Crippen molar-refractivity contribution in [2.45, 2.75) is 129 Å². The lowest BCUT2D eigenvalue weighted by molar-refractivity contribution is -0.929. The minimum atomic E-state index is -1.02. The summed E-state index contributed by atoms with van der Waals surface area (Å²) in [6.45, 7) is 5.81. The number of allylic oxidation sites excluding steroid dienone is 2. The molecule has 0 saturated heterocycles. The van der Waals surface area contributed by atoms with Gasteiger partial charge >= 0.3 is 11.9 Å². The SMILES string of the molecule is CCCC/C=C/CCCCCCCC[N+](CCCCC(=O)[O-])(CCCCC(=O)O)CCCCC(=O)O. The molecule has 0 radical (unpaired) electrons. The summed E-state index contributed by atoms with van der Waals surface area (Å²) in [5, 5.41) is 28.8. The highest BCUT2D eigenvalue weighted by Crippen LogP contribution is 2.19. The average Bonchev–Trinajstić information content (AvgIpc) is 2.82. The zero-order valence-corrected chi connectivity index (χ0v) is 22.9. The number of carbonyl (C=O) groups is 3. The lowest BCUT2D eigenvalue weighted by atomic mass is 10.1. The lowest BCUT2D eigenvalue weighted by Gasteiger charge is -2.39. The predicted octanol–water partition coefficient (Wildman–Crippen LogP) is 5.71. The molecule has 0 saturated carbocycles. The maximum absolute atomic E-state index is 10.9. The molecule has 0 aliphatic carbocycles. The molecular formula is C29H53NO6. The molecule has 0 fully saturated rings. The van der Waals surface area contributed by atoms with Crippen molar-refractivity contribution in [3.63, 3.8) is 0 Å². The van der Waals surface area contributed by atoms with E-state index in [1.54, 1.807) is 0 Å². The number of carboxylic acid groups (broad SMARTS) is 3. The lowest BCUT2D eigenvalue weighted by Crippen LogP contribution is -2.51. The van der Waals surface area contributed by atoms with Gasteiger partial charge in [0.15, 0.2) is 0 Å². The Kier molecular flexibility index (Phi) is 22.3. The van der Waals surface area contributed by atoms with Crippen LogP contribution in [0.4, 0.5) is 0 Å². The first-order chi connectivity index (χ1) is 17.3. The maximum atomic E-state index is 10.9. The largest absolute Gasteiger partial charge is 0.550 e. The quantitative estimate of drug-likeness (QED) is 0.0829. The Hall–Kier alpha value is -1.89. The summed E-state index contributed by atoms with van der Waals surface area (Å²) in [6, 6.07) is 0. The van der Waals surface area contributed by atoms with Crippen molar-refractivity contribution in [2.75, 3.05) is 26.2 Å². The van der Waals surface area contributed by atoms with E-state index in [0.29, 0.717) is 19.3 Å². The zero-order chi connectivity index (χ0) is 26.9. The van der Waals surface area contributed by atoms with Crippen molar-refractivity contribution in [1.82, 2.24) is 0 Å². The molecule has 0 aliphatic heterocycles. The fourth-order valence-corrected chi connectivity index (χ4v) is 4.81. The smallest absolute Gasteiger partial charge is 0.303 e. The second kappa shape index (κ2) is 23.5. The van der Waals surface area contributed by atoms with E-state index in [4.69, 9.17) is 10.2 Å². The molecule has 0 spiro atoms. The average molecular weight is 512 g/mol. The molecule has 0 bridgehead atoms. The fourth-order valence-electron chi connectivity index (χ4n) is 4.81. The Morgan fingerprint density at radius 1 is 0.583 bits per heavy atom. The first-order valence-electron chi connectivity index (χ1n) is 14.4. The second-order valence-corrected chi connectivity index (χ2v) is 10.3. The number of unbranched alkanes of at least 4 members (excludes halogenated alkanes) is 11. The Labute approximate surface area is 219 Å². The summed E-state index contributed by atoms with van der Waals surface area (Å²) in [7, 11) is 0. The standard InChI is InChI=1S/C29H53NO6/c1-2-3-4-5-6-7-8-9-10-11-12-16-23-30(24-17-13-20-27(31)32,25-18-14-21-28(33)34)26-19-15-22-29(35)36/h5-6H,2-4,7-26H2,1H3,(H2-,31,32,33,34,35,36)/b6-5+. The third-order valence-corrected chi connectivity index (χ3v) is 6.95. The summed E-state index contributed by atoms with van der Waals surface area (Å²) in [6.07, 6.45) is 21.4. The van der Waals surface area contributed by atoms with E-state index < -0.39 is 17.9 Å². The van der Waals surface area contributed by atoms with Crippen molar-refractivity contribution >= 4 is 17.9 Å². The summed E-state index contributed by atoms with van der Waals surface area (Å²) in [5.74, 6) is -2.58. The molecule has 0 aromatic heterocycles. The van der Waals surface area contributed by atoms with Gasteiger partial charge in [0, 0.05) is 18.8 Å². The normalized spacial score (nSPS) is 11.8. The molecule has 210 valence electrons. The number of rotatable bonds is 27. The molecule has 0 rings (SSSR count). The molecule has 0 aromatic carbocycles. The van der Waals surface area contributed by atoms with Gasteiger partial charge in [-0.15, -0.1) is 0 Å². The van der Waals surface area contributed by atoms with E-state index in [0.717, 1.165) is 62.8 Å². The van der Waals surface area contributed by atoms with Crippen LogP contribution >= 0.6 is 0 Å². The molecular weight excluding hydrogens is 458 g/mol. The van der Waals surface area contributed by atoms with Gasteiger partial charge in [0.2, 0.25) is 0 Å². The summed E-state index contributed by atoms with van der Waals surface area (Å²) >= 11 is 0. The Bertz CT molecular complexity index is 550. The highest BCUT2D eigenvalue weighted by Gasteiger charge is 2.26. The molecule has 7 heteroatoms. The van der Waals surface area contributed by atoms with E-state index in [2.05, 4.69) is 19.1 Å². The molecule has 7 nitrogen and oxygen atoms in total. The molecule has 0 aliphatic rings. The van der Waals surface area contributed by atoms with Gasteiger partial charge in [-0.3, -0.25) is 9.59 Å². The van der Waals surface area contributed by atoms with E-state index in [9.17, 15) is 19.5 Å². The Morgan fingerprint density at radius 3 is 1.42 bits per heavy atom. The minimum absolute atomic E-state index is 0.0613. The topological polar surface area (TPSA) is 115 Å². The van der Waals surface area contributed by atoms with Crippen LogP contribution < -0.4 is 5.11 Å². The first-order valence-corrected chi connectivity index (χ1v) is 14.4. The third kappa shape index (κ3) is 22.6. The van der Waals surface area contributed by atoms with Gasteiger partial charge in [0.25, 0.3) is 0 Å². The van der Waals surface area contributed by atoms with Gasteiger partial charge in [0.1, 0.15) is 0 Å². The van der Waals surface area contributed by atoms with Gasteiger partial charge in [-0.2, -0.15) is 0 Å². The Balaban J connectivity index is 4.67. The van der Waals surface area contributed by atoms with Crippen molar-refractivity contribution in [3.05, 3.63) is 12.2 Å². The van der Waals surface area contributed by atoms with Crippen LogP contribution in [-0.4, -0.2) is 58.8 Å². The van der Waals surface area contributed by atoms with Crippen molar-refractivity contribution in [1.29, 1.82) is 0 Å². The third-order valence-electron chi connectivity index (χ3n) is 6.95. The van der Waals surface area contributed by atoms with Crippen LogP contribution in [0.1, 0.15) is 129 Å². The highest BCUT2D eigenvalue weighted by atomic mass is 16.4. The van der Waals surface area contributed by atoms with Gasteiger partial charge in [-0.25, -0.2) is 0 Å². The van der Waals surface area contributed by atoms with Crippen LogP contribution in [0, 0.1) is 0 Å². The summed E-state index contributed by atoms with van der Waals surface area (Å²) in [4.78, 5) is 32.7. The van der Waals surface area contributed by atoms with Gasteiger partial charge in [-0.05, 0) is 77.0 Å². The number of hydrogen-bond donors (Lipinski definition) is 2. The number of aliphatic carboxylic acids is 3. The number of carbonyl (C=O) groups excluding carboxylic acids is 1. The zero-order valence-electron chi connectivity index (χ0n) is 22.9. The van der Waals surface area contributed by atoms with Crippen molar-refractivity contribution < 1.29 is 34.2 Å². The highest BCUT2D eigenvalue weighted by molar-refractivity contribution is 5.66. The van der Waals surface area contributed by atoms with Gasteiger partial charge < -0.3 is 24.6 Å². The van der Waals surface area contributed by atoms with E-state index >= 15 is 0 Å². The van der Waals surface area contributed by atoms with Crippen molar-refractivity contribution in [2.24, 2.45) is 0 Å². The number of quaternary nitrogens is 1. The van der Waals surface area contributed by atoms with E-state index in [-0.39, 0.29) is 19.3 Å². The number of carboxylic acids is 3. The minimum Gasteiger partial charge on any atom is -0.550 e. The fraction of sp³-hybridized carbons (Fsp3) is 0.828. The van der Waals surface area contributed by atoms with Crippen LogP contribution in [0.25, 0.3) is 0 Å². The number of hydrogen-bond acceptors (Lipinski definition) is 4. The van der Waals surface area contributed by atoms with E-state index in [1.807, 2.05) is 0 Å².